The van der Waals surface area contributed by atoms with Gasteiger partial charge >= 0.3 is 0 Å². The summed E-state index contributed by atoms with van der Waals surface area (Å²) in [7, 11) is 0. The van der Waals surface area contributed by atoms with Crippen LogP contribution in [0.2, 0.25) is 0 Å². The highest BCUT2D eigenvalue weighted by Crippen LogP contribution is 2.28. The van der Waals surface area contributed by atoms with Crippen molar-refractivity contribution in [1.82, 2.24) is 0 Å². The smallest absolute Gasteiger partial charge is 0.0963 e. The zero-order valence-electron chi connectivity index (χ0n) is 11.4. The van der Waals surface area contributed by atoms with Crippen molar-refractivity contribution in [2.45, 2.75) is 58.8 Å². The highest BCUT2D eigenvalue weighted by Gasteiger charge is 2.20. The molecule has 1 saturated carbocycles. The number of nitrogens with two attached hydrogens (primary N) is 1. The minimum atomic E-state index is -0.101. The third-order valence-corrected chi connectivity index (χ3v) is 5.18. The molecule has 0 aromatic rings. The predicted molar refractivity (Wildman–Crippen MR) is 78.8 cm³/mol. The Kier molecular flexibility index (Phi) is 6.39. The van der Waals surface area contributed by atoms with E-state index in [2.05, 4.69) is 25.6 Å². The molecule has 0 unspecified atom stereocenters. The van der Waals surface area contributed by atoms with Crippen LogP contribution < -0.4 is 5.73 Å². The van der Waals surface area contributed by atoms with Gasteiger partial charge in [-0.05, 0) is 43.1 Å². The summed E-state index contributed by atoms with van der Waals surface area (Å²) in [6.45, 7) is 4.14. The second-order valence-corrected chi connectivity index (χ2v) is 7.13. The van der Waals surface area contributed by atoms with E-state index in [9.17, 15) is 0 Å². The number of rotatable bonds is 8. The fourth-order valence-electron chi connectivity index (χ4n) is 2.33. The Labute approximate surface area is 111 Å². The molecule has 3 heteroatoms. The van der Waals surface area contributed by atoms with E-state index in [1.807, 2.05) is 0 Å². The van der Waals surface area contributed by atoms with E-state index in [-0.39, 0.29) is 5.41 Å². The fraction of sp³-hybridized carbons (Fsp3) is 0.929. The maximum atomic E-state index is 7.50. The summed E-state index contributed by atoms with van der Waals surface area (Å²) in [4.78, 5) is 0. The molecule has 1 aliphatic carbocycles. The van der Waals surface area contributed by atoms with E-state index in [1.54, 1.807) is 0 Å². The molecule has 0 spiro atoms. The molecule has 1 rings (SSSR count). The van der Waals surface area contributed by atoms with E-state index in [4.69, 9.17) is 11.1 Å². The average Bonchev–Trinajstić information content (AvgIpc) is 2.75. The van der Waals surface area contributed by atoms with Crippen LogP contribution >= 0.6 is 11.8 Å². The first kappa shape index (κ1) is 14.9. The van der Waals surface area contributed by atoms with Gasteiger partial charge in [0.1, 0.15) is 0 Å². The van der Waals surface area contributed by atoms with Crippen molar-refractivity contribution in [1.29, 1.82) is 5.41 Å². The molecule has 0 radical (unpaired) electrons. The van der Waals surface area contributed by atoms with Crippen LogP contribution in [0, 0.1) is 16.7 Å². The van der Waals surface area contributed by atoms with Crippen molar-refractivity contribution < 1.29 is 0 Å². The molecule has 0 aromatic heterocycles. The topological polar surface area (TPSA) is 49.9 Å². The summed E-state index contributed by atoms with van der Waals surface area (Å²) in [5.41, 5.74) is 5.47. The lowest BCUT2D eigenvalue weighted by Crippen LogP contribution is -2.30. The van der Waals surface area contributed by atoms with E-state index in [1.165, 1.54) is 50.0 Å². The zero-order valence-corrected chi connectivity index (χ0v) is 12.2. The van der Waals surface area contributed by atoms with Crippen LogP contribution in [0.4, 0.5) is 0 Å². The van der Waals surface area contributed by atoms with Crippen LogP contribution in [-0.4, -0.2) is 17.3 Å². The second kappa shape index (κ2) is 7.30. The standard InChI is InChI=1S/C14H28N2S/c1-14(2,13(15)16)9-5-6-10-17-11-12-7-3-4-8-12/h12H,3-11H2,1-2H3,(H3,15,16). The van der Waals surface area contributed by atoms with Crippen LogP contribution in [0.15, 0.2) is 0 Å². The van der Waals surface area contributed by atoms with Gasteiger partial charge in [0.15, 0.2) is 0 Å². The van der Waals surface area contributed by atoms with E-state index in [0.717, 1.165) is 12.3 Å². The van der Waals surface area contributed by atoms with Crippen LogP contribution in [0.1, 0.15) is 58.8 Å². The molecule has 0 atom stereocenters. The molecule has 0 aromatic carbocycles. The summed E-state index contributed by atoms with van der Waals surface area (Å²) >= 11 is 2.12. The summed E-state index contributed by atoms with van der Waals surface area (Å²) < 4.78 is 0. The van der Waals surface area contributed by atoms with Gasteiger partial charge in [0.2, 0.25) is 0 Å². The number of thioether (sulfide) groups is 1. The third-order valence-electron chi connectivity index (χ3n) is 3.90. The molecule has 0 amide bonds. The summed E-state index contributed by atoms with van der Waals surface area (Å²) in [5.74, 6) is 3.99. The Hall–Kier alpha value is -0.180. The summed E-state index contributed by atoms with van der Waals surface area (Å²) in [6.07, 6.45) is 9.36. The van der Waals surface area contributed by atoms with Gasteiger partial charge < -0.3 is 5.73 Å². The monoisotopic (exact) mass is 256 g/mol. The van der Waals surface area contributed by atoms with E-state index < -0.39 is 0 Å². The van der Waals surface area contributed by atoms with Crippen LogP contribution in [0.5, 0.6) is 0 Å². The highest BCUT2D eigenvalue weighted by molar-refractivity contribution is 7.99. The molecule has 100 valence electrons. The van der Waals surface area contributed by atoms with Crippen LogP contribution in [-0.2, 0) is 0 Å². The minimum Gasteiger partial charge on any atom is -0.387 e. The number of hydrogen-bond donors (Lipinski definition) is 2. The van der Waals surface area contributed by atoms with Crippen molar-refractivity contribution in [2.75, 3.05) is 11.5 Å². The lowest BCUT2D eigenvalue weighted by molar-refractivity contribution is 0.448. The SMILES string of the molecule is CC(C)(CCCCSCC1CCCC1)C(=N)N. The molecule has 0 heterocycles. The Bertz CT molecular complexity index is 232. The second-order valence-electron chi connectivity index (χ2n) is 5.98. The maximum absolute atomic E-state index is 7.50. The predicted octanol–water partition coefficient (Wildman–Crippen LogP) is 4.04. The van der Waals surface area contributed by atoms with Crippen molar-refractivity contribution in [3.05, 3.63) is 0 Å². The molecule has 17 heavy (non-hydrogen) atoms. The molecular weight excluding hydrogens is 228 g/mol. The first-order chi connectivity index (χ1) is 8.02. The molecule has 2 nitrogen and oxygen atoms in total. The molecule has 3 N–H and O–H groups in total. The first-order valence-electron chi connectivity index (χ1n) is 6.94. The van der Waals surface area contributed by atoms with Crippen molar-refractivity contribution >= 4 is 17.6 Å². The summed E-state index contributed by atoms with van der Waals surface area (Å²) in [6, 6.07) is 0. The lowest BCUT2D eigenvalue weighted by Gasteiger charge is -2.22. The van der Waals surface area contributed by atoms with Crippen molar-refractivity contribution in [3.8, 4) is 0 Å². The first-order valence-corrected chi connectivity index (χ1v) is 8.10. The lowest BCUT2D eigenvalue weighted by atomic mass is 9.86. The molecule has 0 aliphatic heterocycles. The minimum absolute atomic E-state index is 0.101. The molecular formula is C14H28N2S. The molecule has 0 saturated heterocycles. The normalized spacial score (nSPS) is 17.5. The largest absolute Gasteiger partial charge is 0.387 e. The van der Waals surface area contributed by atoms with Gasteiger partial charge in [-0.2, -0.15) is 11.8 Å². The van der Waals surface area contributed by atoms with Gasteiger partial charge in [-0.25, -0.2) is 0 Å². The fourth-order valence-corrected chi connectivity index (χ4v) is 3.57. The van der Waals surface area contributed by atoms with Gasteiger partial charge in [0.05, 0.1) is 5.84 Å². The molecule has 1 fully saturated rings. The van der Waals surface area contributed by atoms with Gasteiger partial charge in [-0.15, -0.1) is 0 Å². The number of unbranched alkanes of at least 4 members (excludes halogenated alkanes) is 1. The summed E-state index contributed by atoms with van der Waals surface area (Å²) in [5, 5.41) is 7.50. The van der Waals surface area contributed by atoms with Gasteiger partial charge in [0, 0.05) is 5.41 Å². The molecule has 1 aliphatic rings. The third kappa shape index (κ3) is 5.80. The average molecular weight is 256 g/mol. The van der Waals surface area contributed by atoms with Crippen molar-refractivity contribution in [2.24, 2.45) is 17.1 Å². The highest BCUT2D eigenvalue weighted by atomic mass is 32.2. The van der Waals surface area contributed by atoms with Crippen LogP contribution in [0.25, 0.3) is 0 Å². The van der Waals surface area contributed by atoms with E-state index >= 15 is 0 Å². The quantitative estimate of drug-likeness (QED) is 0.391. The maximum Gasteiger partial charge on any atom is 0.0963 e. The van der Waals surface area contributed by atoms with Gasteiger partial charge in [-0.3, -0.25) is 5.41 Å². The van der Waals surface area contributed by atoms with Gasteiger partial charge in [-0.1, -0.05) is 33.1 Å². The Morgan fingerprint density at radius 1 is 1.29 bits per heavy atom. The number of hydrogen-bond acceptors (Lipinski definition) is 2. The number of nitrogens with one attached hydrogen (secondary N) is 1. The Morgan fingerprint density at radius 3 is 2.53 bits per heavy atom. The van der Waals surface area contributed by atoms with Crippen LogP contribution in [0.3, 0.4) is 0 Å². The Balaban J connectivity index is 1.95. The van der Waals surface area contributed by atoms with Crippen molar-refractivity contribution in [3.63, 3.8) is 0 Å². The Morgan fingerprint density at radius 2 is 1.94 bits per heavy atom. The molecule has 0 bridgehead atoms. The number of amidine groups is 1. The zero-order chi connectivity index (χ0) is 12.7. The van der Waals surface area contributed by atoms with E-state index in [0.29, 0.717) is 5.84 Å². The van der Waals surface area contributed by atoms with Gasteiger partial charge in [0.25, 0.3) is 0 Å².